The van der Waals surface area contributed by atoms with E-state index in [4.69, 9.17) is 11.6 Å². The molecule has 3 unspecified atom stereocenters. The van der Waals surface area contributed by atoms with Crippen LogP contribution in [0.4, 0.5) is 4.39 Å². The number of hydrogen-bond acceptors (Lipinski definition) is 1. The van der Waals surface area contributed by atoms with E-state index < -0.39 is 0 Å². The minimum absolute atomic E-state index is 0.208. The quantitative estimate of drug-likeness (QED) is 0.804. The van der Waals surface area contributed by atoms with E-state index >= 15 is 0 Å². The van der Waals surface area contributed by atoms with Crippen molar-refractivity contribution in [3.63, 3.8) is 0 Å². The number of benzene rings is 1. The molecule has 0 spiro atoms. The smallest absolute Gasteiger partial charge is 0.223 e. The molecule has 1 saturated heterocycles. The molecule has 3 atom stereocenters. The van der Waals surface area contributed by atoms with Crippen molar-refractivity contribution in [1.82, 2.24) is 4.90 Å². The van der Waals surface area contributed by atoms with Gasteiger partial charge in [0.1, 0.15) is 5.82 Å². The maximum absolute atomic E-state index is 14.0. The molecule has 22 heavy (non-hydrogen) atoms. The predicted octanol–water partition coefficient (Wildman–Crippen LogP) is 4.45. The number of rotatable bonds is 3. The fourth-order valence-electron chi connectivity index (χ4n) is 4.02. The molecule has 0 aromatic heterocycles. The number of carbonyl (C=O) groups excluding carboxylic acids is 1. The lowest BCUT2D eigenvalue weighted by Gasteiger charge is -2.35. The Morgan fingerprint density at radius 1 is 1.36 bits per heavy atom. The predicted molar refractivity (Wildman–Crippen MR) is 86.4 cm³/mol. The molecule has 0 N–H and O–H groups in total. The molecule has 1 saturated carbocycles. The average Bonchev–Trinajstić information content (AvgIpc) is 2.82. The van der Waals surface area contributed by atoms with Gasteiger partial charge >= 0.3 is 0 Å². The zero-order valence-corrected chi connectivity index (χ0v) is 13.8. The van der Waals surface area contributed by atoms with E-state index in [0.717, 1.165) is 32.2 Å². The average molecular weight is 324 g/mol. The van der Waals surface area contributed by atoms with Crippen molar-refractivity contribution in [3.8, 4) is 0 Å². The van der Waals surface area contributed by atoms with Crippen molar-refractivity contribution in [2.45, 2.75) is 51.5 Å². The first-order chi connectivity index (χ1) is 10.5. The number of carbonyl (C=O) groups is 1. The van der Waals surface area contributed by atoms with Crippen LogP contribution in [-0.2, 0) is 11.2 Å². The Morgan fingerprint density at radius 3 is 2.86 bits per heavy atom. The van der Waals surface area contributed by atoms with Crippen molar-refractivity contribution in [2.24, 2.45) is 11.8 Å². The summed E-state index contributed by atoms with van der Waals surface area (Å²) in [5.41, 5.74) is 0.635. The van der Waals surface area contributed by atoms with E-state index in [-0.39, 0.29) is 5.82 Å². The van der Waals surface area contributed by atoms with Gasteiger partial charge in [-0.2, -0.15) is 0 Å². The first-order valence-electron chi connectivity index (χ1n) is 8.27. The van der Waals surface area contributed by atoms with E-state index in [2.05, 4.69) is 11.8 Å². The van der Waals surface area contributed by atoms with Gasteiger partial charge in [-0.25, -0.2) is 4.39 Å². The maximum atomic E-state index is 14.0. The van der Waals surface area contributed by atoms with Crippen LogP contribution in [0.3, 0.4) is 0 Å². The molecule has 2 nitrogen and oxygen atoms in total. The SMILES string of the molecule is CC1CC(=O)N(C2CCCC(Cc3c(F)cccc3Cl)C2)C1. The molecule has 3 rings (SSSR count). The summed E-state index contributed by atoms with van der Waals surface area (Å²) < 4.78 is 14.0. The van der Waals surface area contributed by atoms with Gasteiger partial charge in [0.05, 0.1) is 0 Å². The van der Waals surface area contributed by atoms with Crippen LogP contribution in [0.5, 0.6) is 0 Å². The van der Waals surface area contributed by atoms with E-state index in [1.807, 2.05) is 0 Å². The Balaban J connectivity index is 1.67. The minimum Gasteiger partial charge on any atom is -0.339 e. The highest BCUT2D eigenvalue weighted by atomic mass is 35.5. The number of hydrogen-bond donors (Lipinski definition) is 0. The molecule has 1 aliphatic heterocycles. The first kappa shape index (κ1) is 15.8. The summed E-state index contributed by atoms with van der Waals surface area (Å²) in [7, 11) is 0. The van der Waals surface area contributed by atoms with Crippen LogP contribution in [0.2, 0.25) is 5.02 Å². The van der Waals surface area contributed by atoms with E-state index in [0.29, 0.717) is 47.2 Å². The summed E-state index contributed by atoms with van der Waals surface area (Å²) in [5, 5.41) is 0.521. The molecule has 1 aliphatic carbocycles. The van der Waals surface area contributed by atoms with Gasteiger partial charge in [0.25, 0.3) is 0 Å². The largest absolute Gasteiger partial charge is 0.339 e. The van der Waals surface area contributed by atoms with E-state index in [1.165, 1.54) is 6.07 Å². The zero-order chi connectivity index (χ0) is 15.7. The zero-order valence-electron chi connectivity index (χ0n) is 13.0. The summed E-state index contributed by atoms with van der Waals surface area (Å²) in [5.74, 6) is 0.966. The molecule has 2 fully saturated rings. The van der Waals surface area contributed by atoms with Crippen molar-refractivity contribution in [2.75, 3.05) is 6.54 Å². The van der Waals surface area contributed by atoms with Crippen LogP contribution in [0, 0.1) is 17.7 Å². The molecule has 1 amide bonds. The highest BCUT2D eigenvalue weighted by molar-refractivity contribution is 6.31. The second-order valence-corrected chi connectivity index (χ2v) is 7.35. The van der Waals surface area contributed by atoms with Gasteiger partial charge in [0, 0.05) is 29.6 Å². The molecule has 1 heterocycles. The van der Waals surface area contributed by atoms with Crippen LogP contribution >= 0.6 is 11.6 Å². The Morgan fingerprint density at radius 2 is 2.18 bits per heavy atom. The molecule has 1 aromatic rings. The molecular weight excluding hydrogens is 301 g/mol. The molecule has 0 radical (unpaired) electrons. The van der Waals surface area contributed by atoms with Gasteiger partial charge in [-0.05, 0) is 49.7 Å². The first-order valence-corrected chi connectivity index (χ1v) is 8.64. The lowest BCUT2D eigenvalue weighted by Crippen LogP contribution is -2.40. The van der Waals surface area contributed by atoms with Gasteiger partial charge in [0.2, 0.25) is 5.91 Å². The number of likely N-dealkylation sites (tertiary alicyclic amines) is 1. The van der Waals surface area contributed by atoms with Gasteiger partial charge < -0.3 is 4.90 Å². The molecule has 2 aliphatic rings. The number of nitrogens with zero attached hydrogens (tertiary/aromatic N) is 1. The van der Waals surface area contributed by atoms with Crippen LogP contribution in [-0.4, -0.2) is 23.4 Å². The Kier molecular flexibility index (Phi) is 4.72. The molecule has 120 valence electrons. The molecule has 1 aromatic carbocycles. The van der Waals surface area contributed by atoms with Gasteiger partial charge in [0.15, 0.2) is 0 Å². The molecular formula is C18H23ClFNO. The summed E-state index contributed by atoms with van der Waals surface area (Å²) in [6, 6.07) is 5.22. The van der Waals surface area contributed by atoms with Crippen LogP contribution in [0.1, 0.15) is 44.6 Å². The van der Waals surface area contributed by atoms with E-state index in [9.17, 15) is 9.18 Å². The van der Waals surface area contributed by atoms with Crippen molar-refractivity contribution < 1.29 is 9.18 Å². The van der Waals surface area contributed by atoms with E-state index in [1.54, 1.807) is 12.1 Å². The Bertz CT molecular complexity index is 542. The van der Waals surface area contributed by atoms with Gasteiger partial charge in [-0.3, -0.25) is 4.79 Å². The van der Waals surface area contributed by atoms with Crippen molar-refractivity contribution in [3.05, 3.63) is 34.6 Å². The minimum atomic E-state index is -0.208. The number of halogens is 2. The summed E-state index contributed by atoms with van der Waals surface area (Å²) in [4.78, 5) is 14.2. The highest BCUT2D eigenvalue weighted by Gasteiger charge is 2.35. The third-order valence-electron chi connectivity index (χ3n) is 5.10. The lowest BCUT2D eigenvalue weighted by molar-refractivity contribution is -0.130. The highest BCUT2D eigenvalue weighted by Crippen LogP contribution is 2.34. The van der Waals surface area contributed by atoms with Crippen LogP contribution < -0.4 is 0 Å². The summed E-state index contributed by atoms with van der Waals surface area (Å²) in [6.07, 6.45) is 5.63. The number of amides is 1. The fraction of sp³-hybridized carbons (Fsp3) is 0.611. The van der Waals surface area contributed by atoms with Gasteiger partial charge in [-0.15, -0.1) is 0 Å². The normalized spacial score (nSPS) is 29.1. The third-order valence-corrected chi connectivity index (χ3v) is 5.46. The molecule has 0 bridgehead atoms. The Labute approximate surface area is 136 Å². The topological polar surface area (TPSA) is 20.3 Å². The standard InChI is InChI=1S/C18H23ClFNO/c1-12-8-18(22)21(11-12)14-5-2-4-13(9-14)10-15-16(19)6-3-7-17(15)20/h3,6-7,12-14H,2,4-5,8-11H2,1H3. The summed E-state index contributed by atoms with van der Waals surface area (Å²) in [6.45, 7) is 3.02. The van der Waals surface area contributed by atoms with Gasteiger partial charge in [-0.1, -0.05) is 31.0 Å². The van der Waals surface area contributed by atoms with Crippen LogP contribution in [0.15, 0.2) is 18.2 Å². The summed E-state index contributed by atoms with van der Waals surface area (Å²) >= 11 is 6.15. The second kappa shape index (κ2) is 6.57. The fourth-order valence-corrected chi connectivity index (χ4v) is 4.26. The van der Waals surface area contributed by atoms with Crippen LogP contribution in [0.25, 0.3) is 0 Å². The van der Waals surface area contributed by atoms with Crippen molar-refractivity contribution >= 4 is 17.5 Å². The third kappa shape index (κ3) is 3.29. The molecule has 4 heteroatoms. The Hall–Kier alpha value is -1.09. The maximum Gasteiger partial charge on any atom is 0.223 e. The lowest BCUT2D eigenvalue weighted by atomic mass is 9.81. The van der Waals surface area contributed by atoms with Crippen molar-refractivity contribution in [1.29, 1.82) is 0 Å². The second-order valence-electron chi connectivity index (χ2n) is 6.95. The monoisotopic (exact) mass is 323 g/mol.